The lowest BCUT2D eigenvalue weighted by Gasteiger charge is -2.38. The molecule has 2 bridgehead atoms. The first-order chi connectivity index (χ1) is 22.4. The molecule has 4 aromatic rings. The molecule has 2 aliphatic heterocycles. The van der Waals surface area contributed by atoms with Gasteiger partial charge in [0.05, 0.1) is 19.2 Å². The normalized spacial score (nSPS) is 18.8. The van der Waals surface area contributed by atoms with Crippen LogP contribution in [-0.4, -0.2) is 74.1 Å². The van der Waals surface area contributed by atoms with Crippen molar-refractivity contribution in [3.8, 4) is 11.5 Å². The first-order valence-corrected chi connectivity index (χ1v) is 15.4. The number of hydrogen-bond acceptors (Lipinski definition) is 10. The summed E-state index contributed by atoms with van der Waals surface area (Å²) in [6.45, 7) is 2.45. The summed E-state index contributed by atoms with van der Waals surface area (Å²) in [6.07, 6.45) is 6.56. The molecule has 10 nitrogen and oxygen atoms in total. The zero-order valence-electron chi connectivity index (χ0n) is 25.4. The molecule has 3 heterocycles. The molecule has 7 rings (SSSR count). The third kappa shape index (κ3) is 5.65. The summed E-state index contributed by atoms with van der Waals surface area (Å²) in [7, 11) is 3.20. The van der Waals surface area contributed by atoms with E-state index in [9.17, 15) is 9.59 Å². The van der Waals surface area contributed by atoms with E-state index in [4.69, 9.17) is 25.8 Å². The lowest BCUT2D eigenvalue weighted by atomic mass is 9.93. The van der Waals surface area contributed by atoms with Crippen molar-refractivity contribution in [1.82, 2.24) is 9.97 Å². The average Bonchev–Trinajstić information content (AvgIpc) is 3.68. The monoisotopic (exact) mass is 637 g/mol. The Bertz CT molecular complexity index is 1890. The standard InChI is InChI=1S/C35H32ClN5O5/c1-44-11-12-46-34-17-30-29(16-33(34)45-2)35(38-20-37-30)39-22-5-9-31(27(13-22)28-15-26(42)8-10-32(28)43)41-19-24-14-25(41)18-40(24)23-6-3-21(36)4-7-23/h3-10,13,15-17,20,24-25H,11-12,14,18-19H2,1-2H3,(H,37,38,39). The Balaban J connectivity index is 1.22. The SMILES string of the molecule is COCCOc1cc2ncnc(Nc3ccc(N4CC5CC4CN5c4ccc(Cl)cc4)c(C4=CC(=O)C=CC4=O)c3)c2cc1OC. The second kappa shape index (κ2) is 12.5. The number of ketones is 2. The van der Waals surface area contributed by atoms with Crippen LogP contribution in [0.1, 0.15) is 12.0 Å². The lowest BCUT2D eigenvalue weighted by molar-refractivity contribution is -0.113. The number of piperazine rings is 1. The average molecular weight is 638 g/mol. The molecule has 0 radical (unpaired) electrons. The molecular formula is C35H32ClN5O5. The zero-order chi connectivity index (χ0) is 31.8. The van der Waals surface area contributed by atoms with E-state index in [1.165, 1.54) is 24.6 Å². The van der Waals surface area contributed by atoms with Gasteiger partial charge in [-0.2, -0.15) is 0 Å². The Morgan fingerprint density at radius 1 is 0.913 bits per heavy atom. The molecule has 11 heteroatoms. The van der Waals surface area contributed by atoms with E-state index < -0.39 is 0 Å². The summed E-state index contributed by atoms with van der Waals surface area (Å²) in [4.78, 5) is 39.4. The maximum Gasteiger partial charge on any atom is 0.186 e. The predicted octanol–water partition coefficient (Wildman–Crippen LogP) is 5.62. The number of allylic oxidation sites excluding steroid dienone is 4. The molecule has 0 saturated carbocycles. The van der Waals surface area contributed by atoms with E-state index in [1.54, 1.807) is 14.2 Å². The Hall–Kier alpha value is -4.93. The van der Waals surface area contributed by atoms with Crippen molar-refractivity contribution in [2.45, 2.75) is 18.5 Å². The predicted molar refractivity (Wildman–Crippen MR) is 179 cm³/mol. The van der Waals surface area contributed by atoms with Crippen LogP contribution in [0.15, 0.2) is 79.2 Å². The molecule has 2 atom stereocenters. The summed E-state index contributed by atoms with van der Waals surface area (Å²) in [5, 5.41) is 4.86. The van der Waals surface area contributed by atoms with Crippen molar-refractivity contribution >= 4 is 62.5 Å². The Morgan fingerprint density at radius 3 is 2.48 bits per heavy atom. The van der Waals surface area contributed by atoms with E-state index in [1.807, 2.05) is 42.5 Å². The van der Waals surface area contributed by atoms with Crippen molar-refractivity contribution in [1.29, 1.82) is 0 Å². The number of nitrogens with zero attached hydrogens (tertiary/aromatic N) is 4. The van der Waals surface area contributed by atoms with E-state index >= 15 is 0 Å². The summed E-state index contributed by atoms with van der Waals surface area (Å²) >= 11 is 6.13. The van der Waals surface area contributed by atoms with Gasteiger partial charge in [0, 0.05) is 77.0 Å². The van der Waals surface area contributed by atoms with Crippen LogP contribution in [0.2, 0.25) is 5.02 Å². The van der Waals surface area contributed by atoms with Gasteiger partial charge in [-0.25, -0.2) is 9.97 Å². The molecule has 46 heavy (non-hydrogen) atoms. The highest BCUT2D eigenvalue weighted by atomic mass is 35.5. The van der Waals surface area contributed by atoms with E-state index in [2.05, 4.69) is 37.2 Å². The van der Waals surface area contributed by atoms with Gasteiger partial charge in [-0.05, 0) is 73.2 Å². The molecule has 1 aromatic heterocycles. The molecule has 1 N–H and O–H groups in total. The van der Waals surface area contributed by atoms with Crippen LogP contribution in [0.5, 0.6) is 11.5 Å². The van der Waals surface area contributed by atoms with Gasteiger partial charge in [0.15, 0.2) is 23.1 Å². The molecule has 0 amide bonds. The van der Waals surface area contributed by atoms with Gasteiger partial charge in [-0.1, -0.05) is 11.6 Å². The topological polar surface area (TPSA) is 106 Å². The first kappa shape index (κ1) is 29.8. The minimum atomic E-state index is -0.215. The van der Waals surface area contributed by atoms with Crippen LogP contribution in [0.4, 0.5) is 22.9 Å². The fourth-order valence-electron chi connectivity index (χ4n) is 6.52. The van der Waals surface area contributed by atoms with Crippen molar-refractivity contribution in [3.63, 3.8) is 0 Å². The summed E-state index contributed by atoms with van der Waals surface area (Å²) in [6, 6.07) is 18.1. The van der Waals surface area contributed by atoms with Crippen LogP contribution in [0, 0.1) is 0 Å². The van der Waals surface area contributed by atoms with Crippen LogP contribution >= 0.6 is 11.6 Å². The number of rotatable bonds is 10. The van der Waals surface area contributed by atoms with Crippen LogP contribution < -0.4 is 24.6 Å². The maximum absolute atomic E-state index is 13.2. The van der Waals surface area contributed by atoms with Gasteiger partial charge in [0.25, 0.3) is 0 Å². The van der Waals surface area contributed by atoms with E-state index in [0.717, 1.165) is 36.3 Å². The number of carbonyl (C=O) groups excluding carboxylic acids is 2. The third-order valence-electron chi connectivity index (χ3n) is 8.67. The highest BCUT2D eigenvalue weighted by Crippen LogP contribution is 2.42. The van der Waals surface area contributed by atoms with Crippen LogP contribution in [-0.2, 0) is 14.3 Å². The fraction of sp³-hybridized carbons (Fsp3) is 0.257. The minimum Gasteiger partial charge on any atom is -0.493 e. The summed E-state index contributed by atoms with van der Waals surface area (Å²) in [5.74, 6) is 1.23. The number of ether oxygens (including phenoxy) is 3. The molecule has 1 aliphatic carbocycles. The molecular weight excluding hydrogens is 606 g/mol. The van der Waals surface area contributed by atoms with Crippen LogP contribution in [0.3, 0.4) is 0 Å². The molecule has 3 aromatic carbocycles. The molecule has 234 valence electrons. The van der Waals surface area contributed by atoms with Crippen LogP contribution in [0.25, 0.3) is 16.5 Å². The number of methoxy groups -OCH3 is 2. The molecule has 2 unspecified atom stereocenters. The van der Waals surface area contributed by atoms with Gasteiger partial charge < -0.3 is 29.3 Å². The first-order valence-electron chi connectivity index (χ1n) is 15.0. The maximum atomic E-state index is 13.2. The minimum absolute atomic E-state index is 0.205. The molecule has 2 saturated heterocycles. The van der Waals surface area contributed by atoms with Gasteiger partial charge >= 0.3 is 0 Å². The number of halogens is 1. The van der Waals surface area contributed by atoms with E-state index in [0.29, 0.717) is 63.9 Å². The highest BCUT2D eigenvalue weighted by Gasteiger charge is 2.44. The second-order valence-corrected chi connectivity index (χ2v) is 11.9. The quantitative estimate of drug-likeness (QED) is 0.174. The highest BCUT2D eigenvalue weighted by molar-refractivity contribution is 6.34. The molecule has 2 fully saturated rings. The molecule has 0 spiro atoms. The number of hydrogen-bond donors (Lipinski definition) is 1. The Kier molecular flexibility index (Phi) is 8.06. The Labute approximate surface area is 271 Å². The van der Waals surface area contributed by atoms with Gasteiger partial charge in [-0.15, -0.1) is 0 Å². The van der Waals surface area contributed by atoms with Crippen molar-refractivity contribution in [3.05, 3.63) is 89.7 Å². The number of aromatic nitrogens is 2. The van der Waals surface area contributed by atoms with Gasteiger partial charge in [-0.3, -0.25) is 9.59 Å². The number of fused-ring (bicyclic) bond motifs is 3. The van der Waals surface area contributed by atoms with E-state index in [-0.39, 0.29) is 17.6 Å². The molecule has 3 aliphatic rings. The van der Waals surface area contributed by atoms with Gasteiger partial charge in [0.2, 0.25) is 0 Å². The second-order valence-electron chi connectivity index (χ2n) is 11.4. The number of nitrogens with one attached hydrogen (secondary N) is 1. The van der Waals surface area contributed by atoms with Crippen molar-refractivity contribution in [2.75, 3.05) is 55.6 Å². The number of carbonyl (C=O) groups is 2. The third-order valence-corrected chi connectivity index (χ3v) is 8.93. The lowest BCUT2D eigenvalue weighted by Crippen LogP contribution is -2.46. The summed E-state index contributed by atoms with van der Waals surface area (Å²) < 4.78 is 16.5. The fourth-order valence-corrected chi connectivity index (χ4v) is 6.64. The van der Waals surface area contributed by atoms with Gasteiger partial charge in [0.1, 0.15) is 18.8 Å². The largest absolute Gasteiger partial charge is 0.493 e. The number of benzene rings is 3. The van der Waals surface area contributed by atoms with Crippen molar-refractivity contribution < 1.29 is 23.8 Å². The van der Waals surface area contributed by atoms with Crippen molar-refractivity contribution in [2.24, 2.45) is 0 Å². The number of anilines is 4. The smallest absolute Gasteiger partial charge is 0.186 e. The Morgan fingerprint density at radius 2 is 1.72 bits per heavy atom. The summed E-state index contributed by atoms with van der Waals surface area (Å²) in [5.41, 5.74) is 4.52. The zero-order valence-corrected chi connectivity index (χ0v) is 26.2.